The molecule has 0 spiro atoms. The van der Waals surface area contributed by atoms with Crippen LogP contribution in [0.15, 0.2) is 60.9 Å². The highest BCUT2D eigenvalue weighted by atomic mass is 19.1. The summed E-state index contributed by atoms with van der Waals surface area (Å²) >= 11 is 0. The van der Waals surface area contributed by atoms with Gasteiger partial charge in [0.1, 0.15) is 12.1 Å². The Labute approximate surface area is 132 Å². The summed E-state index contributed by atoms with van der Waals surface area (Å²) in [4.78, 5) is 8.70. The molecule has 2 aromatic heterocycles. The maximum Gasteiger partial charge on any atom is 0.253 e. The fourth-order valence-electron chi connectivity index (χ4n) is 2.51. The van der Waals surface area contributed by atoms with Crippen molar-refractivity contribution in [2.75, 3.05) is 0 Å². The van der Waals surface area contributed by atoms with Crippen molar-refractivity contribution in [1.29, 1.82) is 0 Å². The molecule has 0 aliphatic heterocycles. The van der Waals surface area contributed by atoms with Gasteiger partial charge >= 0.3 is 0 Å². The van der Waals surface area contributed by atoms with E-state index in [1.165, 1.54) is 24.0 Å². The summed E-state index contributed by atoms with van der Waals surface area (Å²) in [5.41, 5.74) is 4.69. The molecule has 0 aliphatic carbocycles. The summed E-state index contributed by atoms with van der Waals surface area (Å²) in [6, 6.07) is 16.4. The molecule has 0 radical (unpaired) electrons. The van der Waals surface area contributed by atoms with Crippen molar-refractivity contribution in [1.82, 2.24) is 19.6 Å². The van der Waals surface area contributed by atoms with E-state index in [1.807, 2.05) is 25.1 Å². The number of nitrogens with zero attached hydrogens (tertiary/aromatic N) is 4. The molecule has 2 aromatic carbocycles. The minimum Gasteiger partial charge on any atom is -0.211 e. The Morgan fingerprint density at radius 2 is 1.61 bits per heavy atom. The lowest BCUT2D eigenvalue weighted by molar-refractivity contribution is 0.628. The number of benzene rings is 2. The second-order valence-electron chi connectivity index (χ2n) is 5.37. The van der Waals surface area contributed by atoms with E-state index in [4.69, 9.17) is 0 Å². The second kappa shape index (κ2) is 5.28. The highest BCUT2D eigenvalue weighted by Gasteiger charge is 2.11. The van der Waals surface area contributed by atoms with Crippen molar-refractivity contribution in [3.05, 3.63) is 72.3 Å². The molecule has 0 bridgehead atoms. The first kappa shape index (κ1) is 13.6. The van der Waals surface area contributed by atoms with Crippen LogP contribution in [-0.2, 0) is 0 Å². The van der Waals surface area contributed by atoms with E-state index < -0.39 is 0 Å². The summed E-state index contributed by atoms with van der Waals surface area (Å²) in [7, 11) is 0. The summed E-state index contributed by atoms with van der Waals surface area (Å²) < 4.78 is 14.8. The molecule has 112 valence electrons. The van der Waals surface area contributed by atoms with Gasteiger partial charge in [-0.2, -0.15) is 14.6 Å². The number of rotatable bonds is 2. The predicted molar refractivity (Wildman–Crippen MR) is 86.3 cm³/mol. The minimum absolute atomic E-state index is 0.268. The molecule has 0 N–H and O–H groups in total. The monoisotopic (exact) mass is 304 g/mol. The van der Waals surface area contributed by atoms with E-state index in [-0.39, 0.29) is 5.82 Å². The zero-order valence-corrected chi connectivity index (χ0v) is 12.4. The van der Waals surface area contributed by atoms with Gasteiger partial charge in [0.05, 0.1) is 11.4 Å². The van der Waals surface area contributed by atoms with E-state index in [0.29, 0.717) is 5.78 Å². The van der Waals surface area contributed by atoms with Crippen molar-refractivity contribution >= 4 is 5.78 Å². The highest BCUT2D eigenvalue weighted by Crippen LogP contribution is 2.25. The number of hydrogen-bond donors (Lipinski definition) is 0. The number of aryl methyl sites for hydroxylation is 1. The third kappa shape index (κ3) is 2.46. The predicted octanol–water partition coefficient (Wildman–Crippen LogP) is 3.91. The summed E-state index contributed by atoms with van der Waals surface area (Å²) in [6.07, 6.45) is 1.48. The first-order valence-corrected chi connectivity index (χ1v) is 7.24. The van der Waals surface area contributed by atoms with Gasteiger partial charge in [-0.05, 0) is 37.3 Å². The number of halogens is 1. The SMILES string of the molecule is Cc1ccc(-c2cc(-c3ccc(F)cc3)nc3ncnn23)cc1. The fourth-order valence-corrected chi connectivity index (χ4v) is 2.51. The molecule has 0 fully saturated rings. The Balaban J connectivity index is 1.94. The van der Waals surface area contributed by atoms with Gasteiger partial charge in [-0.1, -0.05) is 29.8 Å². The van der Waals surface area contributed by atoms with Crippen LogP contribution >= 0.6 is 0 Å². The number of aromatic nitrogens is 4. The zero-order chi connectivity index (χ0) is 15.8. The molecule has 0 saturated carbocycles. The molecular weight excluding hydrogens is 291 g/mol. The molecule has 23 heavy (non-hydrogen) atoms. The highest BCUT2D eigenvalue weighted by molar-refractivity contribution is 5.70. The van der Waals surface area contributed by atoms with Crippen LogP contribution in [0.2, 0.25) is 0 Å². The first-order chi connectivity index (χ1) is 11.2. The van der Waals surface area contributed by atoms with E-state index in [0.717, 1.165) is 22.5 Å². The Kier molecular flexibility index (Phi) is 3.12. The largest absolute Gasteiger partial charge is 0.253 e. The molecule has 4 nitrogen and oxygen atoms in total. The maximum absolute atomic E-state index is 13.1. The molecule has 0 aliphatic rings. The normalized spacial score (nSPS) is 11.0. The van der Waals surface area contributed by atoms with E-state index in [2.05, 4.69) is 27.2 Å². The van der Waals surface area contributed by atoms with Crippen molar-refractivity contribution in [3.8, 4) is 22.5 Å². The Bertz CT molecular complexity index is 972. The van der Waals surface area contributed by atoms with Crippen LogP contribution in [0.1, 0.15) is 5.56 Å². The standard InChI is InChI=1S/C18H13FN4/c1-12-2-4-14(5-3-12)17-10-16(13-6-8-15(19)9-7-13)22-18-20-11-21-23(17)18/h2-11H,1H3. The van der Waals surface area contributed by atoms with Gasteiger partial charge in [0.2, 0.25) is 0 Å². The van der Waals surface area contributed by atoms with Crippen LogP contribution in [0.4, 0.5) is 4.39 Å². The molecule has 4 rings (SSSR count). The Morgan fingerprint density at radius 3 is 2.35 bits per heavy atom. The summed E-state index contributed by atoms with van der Waals surface area (Å²) in [5.74, 6) is 0.249. The first-order valence-electron chi connectivity index (χ1n) is 7.24. The topological polar surface area (TPSA) is 43.1 Å². The van der Waals surface area contributed by atoms with Crippen molar-refractivity contribution in [2.45, 2.75) is 6.92 Å². The van der Waals surface area contributed by atoms with Gasteiger partial charge in [0.15, 0.2) is 0 Å². The van der Waals surface area contributed by atoms with E-state index >= 15 is 0 Å². The summed E-state index contributed by atoms with van der Waals surface area (Å²) in [5, 5.41) is 4.25. The molecule has 5 heteroatoms. The quantitative estimate of drug-likeness (QED) is 0.564. The maximum atomic E-state index is 13.1. The van der Waals surface area contributed by atoms with Crippen LogP contribution in [0.25, 0.3) is 28.3 Å². The number of fused-ring (bicyclic) bond motifs is 1. The third-order valence-electron chi connectivity index (χ3n) is 3.74. The van der Waals surface area contributed by atoms with Gasteiger partial charge in [-0.3, -0.25) is 0 Å². The molecular formula is C18H13FN4. The molecule has 0 saturated heterocycles. The van der Waals surface area contributed by atoms with Crippen LogP contribution in [0.3, 0.4) is 0 Å². The number of hydrogen-bond acceptors (Lipinski definition) is 3. The lowest BCUT2D eigenvalue weighted by Crippen LogP contribution is -1.98. The van der Waals surface area contributed by atoms with Gasteiger partial charge in [-0.25, -0.2) is 9.37 Å². The lowest BCUT2D eigenvalue weighted by Gasteiger charge is -2.08. The van der Waals surface area contributed by atoms with Crippen LogP contribution in [-0.4, -0.2) is 19.6 Å². The van der Waals surface area contributed by atoms with Crippen LogP contribution in [0.5, 0.6) is 0 Å². The zero-order valence-electron chi connectivity index (χ0n) is 12.4. The van der Waals surface area contributed by atoms with E-state index in [1.54, 1.807) is 16.6 Å². The Hall–Kier alpha value is -3.08. The third-order valence-corrected chi connectivity index (χ3v) is 3.74. The fraction of sp³-hybridized carbons (Fsp3) is 0.0556. The van der Waals surface area contributed by atoms with Gasteiger partial charge in [0.25, 0.3) is 5.78 Å². The van der Waals surface area contributed by atoms with Crippen molar-refractivity contribution < 1.29 is 4.39 Å². The Morgan fingerprint density at radius 1 is 0.913 bits per heavy atom. The van der Waals surface area contributed by atoms with Gasteiger partial charge in [-0.15, -0.1) is 0 Å². The van der Waals surface area contributed by atoms with Crippen LogP contribution in [0, 0.1) is 12.7 Å². The van der Waals surface area contributed by atoms with Crippen molar-refractivity contribution in [2.24, 2.45) is 0 Å². The molecule has 0 amide bonds. The molecule has 4 aromatic rings. The summed E-state index contributed by atoms with van der Waals surface area (Å²) in [6.45, 7) is 2.05. The smallest absolute Gasteiger partial charge is 0.211 e. The lowest BCUT2D eigenvalue weighted by atomic mass is 10.1. The van der Waals surface area contributed by atoms with Crippen molar-refractivity contribution in [3.63, 3.8) is 0 Å². The molecule has 0 unspecified atom stereocenters. The molecule has 0 atom stereocenters. The minimum atomic E-state index is -0.268. The van der Waals surface area contributed by atoms with E-state index in [9.17, 15) is 4.39 Å². The average Bonchev–Trinajstić information content (AvgIpc) is 3.04. The second-order valence-corrected chi connectivity index (χ2v) is 5.37. The average molecular weight is 304 g/mol. The van der Waals surface area contributed by atoms with Gasteiger partial charge < -0.3 is 0 Å². The van der Waals surface area contributed by atoms with Gasteiger partial charge in [0, 0.05) is 11.1 Å². The molecule has 2 heterocycles. The van der Waals surface area contributed by atoms with Crippen LogP contribution < -0.4 is 0 Å².